The highest BCUT2D eigenvalue weighted by molar-refractivity contribution is 5.94. The molecule has 0 aliphatic carbocycles. The van der Waals surface area contributed by atoms with Crippen molar-refractivity contribution >= 4 is 5.91 Å². The fourth-order valence-corrected chi connectivity index (χ4v) is 2.07. The fraction of sp³-hybridized carbons (Fsp3) is 0.235. The maximum atomic E-state index is 13.6. The van der Waals surface area contributed by atoms with E-state index in [0.717, 1.165) is 24.1 Å². The van der Waals surface area contributed by atoms with Gasteiger partial charge in [0.25, 0.3) is 5.91 Å². The molecule has 1 amide bonds. The van der Waals surface area contributed by atoms with Crippen LogP contribution in [0.25, 0.3) is 0 Å². The molecule has 0 heterocycles. The summed E-state index contributed by atoms with van der Waals surface area (Å²) >= 11 is 0. The van der Waals surface area contributed by atoms with Gasteiger partial charge in [0.05, 0.1) is 11.6 Å². The molecular weight excluding hydrogens is 272 g/mol. The van der Waals surface area contributed by atoms with E-state index >= 15 is 0 Å². The van der Waals surface area contributed by atoms with E-state index in [1.54, 1.807) is 0 Å². The molecule has 2 aromatic rings. The van der Waals surface area contributed by atoms with Gasteiger partial charge in [0.1, 0.15) is 11.6 Å². The Kier molecular flexibility index (Phi) is 4.68. The highest BCUT2D eigenvalue weighted by Gasteiger charge is 2.15. The van der Waals surface area contributed by atoms with Gasteiger partial charge in [-0.2, -0.15) is 0 Å². The lowest BCUT2D eigenvalue weighted by Crippen LogP contribution is -2.27. The van der Waals surface area contributed by atoms with E-state index in [2.05, 4.69) is 12.2 Å². The highest BCUT2D eigenvalue weighted by atomic mass is 19.1. The van der Waals surface area contributed by atoms with E-state index in [9.17, 15) is 13.6 Å². The lowest BCUT2D eigenvalue weighted by atomic mass is 10.0. The number of hydrogen-bond donors (Lipinski definition) is 1. The van der Waals surface area contributed by atoms with Gasteiger partial charge >= 0.3 is 0 Å². The molecule has 1 N–H and O–H groups in total. The molecule has 0 radical (unpaired) electrons. The first-order valence-corrected chi connectivity index (χ1v) is 6.86. The number of carbonyl (C=O) groups excluding carboxylic acids is 1. The first-order chi connectivity index (χ1) is 10.0. The van der Waals surface area contributed by atoms with Gasteiger partial charge in [0, 0.05) is 6.07 Å². The van der Waals surface area contributed by atoms with Crippen LogP contribution >= 0.6 is 0 Å². The van der Waals surface area contributed by atoms with Crippen molar-refractivity contribution in [3.8, 4) is 0 Å². The minimum absolute atomic E-state index is 0.159. The van der Waals surface area contributed by atoms with Crippen LogP contribution in [-0.4, -0.2) is 5.91 Å². The smallest absolute Gasteiger partial charge is 0.254 e. The number of rotatable bonds is 4. The van der Waals surface area contributed by atoms with Crippen LogP contribution < -0.4 is 5.32 Å². The SMILES string of the molecule is CCc1ccc(C(C)NC(=O)c2ccc(F)cc2F)cc1. The standard InChI is InChI=1S/C17H17F2NO/c1-3-12-4-6-13(7-5-12)11(2)20-17(21)15-9-8-14(18)10-16(15)19/h4-11H,3H2,1-2H3,(H,20,21). The molecular formula is C17H17F2NO. The summed E-state index contributed by atoms with van der Waals surface area (Å²) in [6, 6.07) is 10.5. The maximum Gasteiger partial charge on any atom is 0.254 e. The Morgan fingerprint density at radius 3 is 2.38 bits per heavy atom. The molecule has 0 saturated heterocycles. The molecule has 2 aromatic carbocycles. The normalized spacial score (nSPS) is 12.0. The van der Waals surface area contributed by atoms with Gasteiger partial charge < -0.3 is 5.32 Å². The predicted octanol–water partition coefficient (Wildman–Crippen LogP) is 4.02. The molecule has 0 aliphatic rings. The fourth-order valence-electron chi connectivity index (χ4n) is 2.07. The number of nitrogens with one attached hydrogen (secondary N) is 1. The summed E-state index contributed by atoms with van der Waals surface area (Å²) < 4.78 is 26.4. The van der Waals surface area contributed by atoms with Gasteiger partial charge in [0.2, 0.25) is 0 Å². The Hall–Kier alpha value is -2.23. The van der Waals surface area contributed by atoms with Gasteiger partial charge in [0.15, 0.2) is 0 Å². The Morgan fingerprint density at radius 2 is 1.81 bits per heavy atom. The third-order valence-electron chi connectivity index (χ3n) is 3.41. The van der Waals surface area contributed by atoms with Gasteiger partial charge in [-0.05, 0) is 36.6 Å². The van der Waals surface area contributed by atoms with Crippen LogP contribution in [0, 0.1) is 11.6 Å². The quantitative estimate of drug-likeness (QED) is 0.905. The summed E-state index contributed by atoms with van der Waals surface area (Å²) in [5.41, 5.74) is 1.98. The molecule has 0 saturated carbocycles. The van der Waals surface area contributed by atoms with Crippen LogP contribution in [-0.2, 0) is 6.42 Å². The minimum Gasteiger partial charge on any atom is -0.345 e. The van der Waals surface area contributed by atoms with Gasteiger partial charge in [-0.1, -0.05) is 31.2 Å². The van der Waals surface area contributed by atoms with Gasteiger partial charge in [-0.25, -0.2) is 8.78 Å². The Morgan fingerprint density at radius 1 is 1.14 bits per heavy atom. The molecule has 4 heteroatoms. The Balaban J connectivity index is 2.10. The second-order valence-electron chi connectivity index (χ2n) is 4.91. The van der Waals surface area contributed by atoms with Crippen molar-refractivity contribution < 1.29 is 13.6 Å². The lowest BCUT2D eigenvalue weighted by Gasteiger charge is -2.15. The molecule has 2 rings (SSSR count). The molecule has 1 atom stereocenters. The molecule has 0 fully saturated rings. The Labute approximate surface area is 122 Å². The predicted molar refractivity (Wildman–Crippen MR) is 78.1 cm³/mol. The number of aryl methyl sites for hydroxylation is 1. The van der Waals surface area contributed by atoms with Crippen molar-refractivity contribution in [3.05, 3.63) is 70.8 Å². The van der Waals surface area contributed by atoms with Crippen LogP contribution in [0.5, 0.6) is 0 Å². The third kappa shape index (κ3) is 3.66. The average Bonchev–Trinajstić information content (AvgIpc) is 2.47. The van der Waals surface area contributed by atoms with Crippen molar-refractivity contribution in [3.63, 3.8) is 0 Å². The zero-order chi connectivity index (χ0) is 15.4. The van der Waals surface area contributed by atoms with Gasteiger partial charge in [-0.3, -0.25) is 4.79 Å². The lowest BCUT2D eigenvalue weighted by molar-refractivity contribution is 0.0935. The van der Waals surface area contributed by atoms with Crippen LogP contribution in [0.4, 0.5) is 8.78 Å². The summed E-state index contributed by atoms with van der Waals surface area (Å²) in [6.07, 6.45) is 0.946. The molecule has 0 aliphatic heterocycles. The second kappa shape index (κ2) is 6.48. The number of benzene rings is 2. The number of amides is 1. The monoisotopic (exact) mass is 289 g/mol. The summed E-state index contributed by atoms with van der Waals surface area (Å²) in [5.74, 6) is -2.12. The summed E-state index contributed by atoms with van der Waals surface area (Å²) in [5, 5.41) is 2.71. The number of halogens is 2. The summed E-state index contributed by atoms with van der Waals surface area (Å²) in [4.78, 5) is 12.0. The summed E-state index contributed by atoms with van der Waals surface area (Å²) in [7, 11) is 0. The molecule has 2 nitrogen and oxygen atoms in total. The topological polar surface area (TPSA) is 29.1 Å². The third-order valence-corrected chi connectivity index (χ3v) is 3.41. The molecule has 0 spiro atoms. The van der Waals surface area contributed by atoms with Crippen molar-refractivity contribution in [2.75, 3.05) is 0 Å². The first-order valence-electron chi connectivity index (χ1n) is 6.86. The largest absolute Gasteiger partial charge is 0.345 e. The van der Waals surface area contributed by atoms with Crippen molar-refractivity contribution in [1.29, 1.82) is 0 Å². The van der Waals surface area contributed by atoms with Crippen molar-refractivity contribution in [1.82, 2.24) is 5.32 Å². The summed E-state index contributed by atoms with van der Waals surface area (Å²) in [6.45, 7) is 3.89. The van der Waals surface area contributed by atoms with E-state index in [4.69, 9.17) is 0 Å². The zero-order valence-corrected chi connectivity index (χ0v) is 12.0. The van der Waals surface area contributed by atoms with Crippen molar-refractivity contribution in [2.24, 2.45) is 0 Å². The van der Waals surface area contributed by atoms with Crippen LogP contribution in [0.1, 0.15) is 41.4 Å². The second-order valence-corrected chi connectivity index (χ2v) is 4.91. The average molecular weight is 289 g/mol. The van der Waals surface area contributed by atoms with Crippen LogP contribution in [0.15, 0.2) is 42.5 Å². The van der Waals surface area contributed by atoms with Gasteiger partial charge in [-0.15, -0.1) is 0 Å². The van der Waals surface area contributed by atoms with E-state index < -0.39 is 17.5 Å². The van der Waals surface area contributed by atoms with E-state index in [1.165, 1.54) is 5.56 Å². The number of hydrogen-bond acceptors (Lipinski definition) is 1. The first kappa shape index (κ1) is 15.2. The van der Waals surface area contributed by atoms with E-state index in [-0.39, 0.29) is 11.6 Å². The Bertz CT molecular complexity index is 638. The maximum absolute atomic E-state index is 13.6. The van der Waals surface area contributed by atoms with Crippen LogP contribution in [0.2, 0.25) is 0 Å². The molecule has 1 unspecified atom stereocenters. The molecule has 110 valence electrons. The highest BCUT2D eigenvalue weighted by Crippen LogP contribution is 2.16. The van der Waals surface area contributed by atoms with Crippen molar-refractivity contribution in [2.45, 2.75) is 26.3 Å². The molecule has 21 heavy (non-hydrogen) atoms. The zero-order valence-electron chi connectivity index (χ0n) is 12.0. The van der Waals surface area contributed by atoms with E-state index in [0.29, 0.717) is 6.07 Å². The number of carbonyl (C=O) groups is 1. The van der Waals surface area contributed by atoms with Crippen LogP contribution in [0.3, 0.4) is 0 Å². The molecule has 0 bridgehead atoms. The minimum atomic E-state index is -0.860. The van der Waals surface area contributed by atoms with E-state index in [1.807, 2.05) is 31.2 Å². The molecule has 0 aromatic heterocycles.